The van der Waals surface area contributed by atoms with Gasteiger partial charge in [-0.05, 0) is 12.3 Å². The molecule has 0 spiro atoms. The molecule has 0 atom stereocenters. The standard InChI is InChI=1S/C12H21F3N2O/c1-10(2)8-11(18)17-5-3-4-16(6-7-17)9-12(13,14)15/h10H,3-9H2,1-2H3. The molecule has 106 valence electrons. The number of carbonyl (C=O) groups excluding carboxylic acids is 1. The molecule has 1 fully saturated rings. The first-order valence-corrected chi connectivity index (χ1v) is 6.35. The summed E-state index contributed by atoms with van der Waals surface area (Å²) in [5.74, 6) is 0.339. The van der Waals surface area contributed by atoms with Gasteiger partial charge in [0.1, 0.15) is 0 Å². The first kappa shape index (κ1) is 15.3. The predicted octanol–water partition coefficient (Wildman–Crippen LogP) is 2.13. The Morgan fingerprint density at radius 1 is 1.17 bits per heavy atom. The summed E-state index contributed by atoms with van der Waals surface area (Å²) < 4.78 is 36.8. The zero-order valence-corrected chi connectivity index (χ0v) is 11.0. The number of carbonyl (C=O) groups is 1. The van der Waals surface area contributed by atoms with Crippen LogP contribution in [-0.2, 0) is 4.79 Å². The van der Waals surface area contributed by atoms with Crippen molar-refractivity contribution < 1.29 is 18.0 Å². The Hall–Kier alpha value is -0.780. The van der Waals surface area contributed by atoms with Crippen molar-refractivity contribution in [1.29, 1.82) is 0 Å². The molecule has 0 bridgehead atoms. The SMILES string of the molecule is CC(C)CC(=O)N1CCCN(CC(F)(F)F)CC1. The summed E-state index contributed by atoms with van der Waals surface area (Å²) in [4.78, 5) is 14.9. The van der Waals surface area contributed by atoms with Gasteiger partial charge in [-0.1, -0.05) is 13.8 Å². The van der Waals surface area contributed by atoms with Crippen LogP contribution in [0.15, 0.2) is 0 Å². The lowest BCUT2D eigenvalue weighted by atomic mass is 10.1. The molecule has 0 radical (unpaired) electrons. The van der Waals surface area contributed by atoms with Crippen molar-refractivity contribution in [2.75, 3.05) is 32.7 Å². The van der Waals surface area contributed by atoms with Crippen molar-refractivity contribution in [3.8, 4) is 0 Å². The molecule has 0 aromatic rings. The maximum Gasteiger partial charge on any atom is 0.401 e. The normalized spacial score (nSPS) is 19.1. The monoisotopic (exact) mass is 266 g/mol. The van der Waals surface area contributed by atoms with Gasteiger partial charge in [0.25, 0.3) is 0 Å². The minimum atomic E-state index is -4.16. The molecule has 6 heteroatoms. The first-order chi connectivity index (χ1) is 8.28. The van der Waals surface area contributed by atoms with E-state index in [9.17, 15) is 18.0 Å². The minimum Gasteiger partial charge on any atom is -0.341 e. The van der Waals surface area contributed by atoms with Gasteiger partial charge >= 0.3 is 6.18 Å². The number of rotatable bonds is 3. The third-order valence-corrected chi connectivity index (χ3v) is 2.93. The molecule has 1 rings (SSSR count). The number of hydrogen-bond donors (Lipinski definition) is 0. The Labute approximate surface area is 106 Å². The predicted molar refractivity (Wildman–Crippen MR) is 63.1 cm³/mol. The molecule has 1 heterocycles. The highest BCUT2D eigenvalue weighted by Crippen LogP contribution is 2.18. The van der Waals surface area contributed by atoms with Crippen LogP contribution in [-0.4, -0.2) is 54.6 Å². The number of amides is 1. The van der Waals surface area contributed by atoms with Crippen molar-refractivity contribution in [3.63, 3.8) is 0 Å². The largest absolute Gasteiger partial charge is 0.401 e. The number of hydrogen-bond acceptors (Lipinski definition) is 2. The third-order valence-electron chi connectivity index (χ3n) is 2.93. The Morgan fingerprint density at radius 2 is 1.83 bits per heavy atom. The van der Waals surface area contributed by atoms with Gasteiger partial charge in [-0.25, -0.2) is 0 Å². The summed E-state index contributed by atoms with van der Waals surface area (Å²) in [6.45, 7) is 4.74. The number of halogens is 3. The fourth-order valence-corrected chi connectivity index (χ4v) is 2.11. The lowest BCUT2D eigenvalue weighted by Crippen LogP contribution is -2.38. The van der Waals surface area contributed by atoms with E-state index in [0.717, 1.165) is 0 Å². The van der Waals surface area contributed by atoms with Crippen molar-refractivity contribution >= 4 is 5.91 Å². The van der Waals surface area contributed by atoms with E-state index in [2.05, 4.69) is 0 Å². The lowest BCUT2D eigenvalue weighted by Gasteiger charge is -2.23. The van der Waals surface area contributed by atoms with Crippen LogP contribution in [0.2, 0.25) is 0 Å². The van der Waals surface area contributed by atoms with Crippen LogP contribution in [0.3, 0.4) is 0 Å². The van der Waals surface area contributed by atoms with E-state index in [1.54, 1.807) is 4.90 Å². The summed E-state index contributed by atoms with van der Waals surface area (Å²) >= 11 is 0. The number of nitrogens with zero attached hydrogens (tertiary/aromatic N) is 2. The van der Waals surface area contributed by atoms with Crippen LogP contribution in [0.1, 0.15) is 26.7 Å². The average Bonchev–Trinajstić information content (AvgIpc) is 2.39. The summed E-state index contributed by atoms with van der Waals surface area (Å²) in [6, 6.07) is 0. The molecular weight excluding hydrogens is 245 g/mol. The van der Waals surface area contributed by atoms with E-state index >= 15 is 0 Å². The summed E-state index contributed by atoms with van der Waals surface area (Å²) in [5.41, 5.74) is 0. The summed E-state index contributed by atoms with van der Waals surface area (Å²) in [7, 11) is 0. The van der Waals surface area contributed by atoms with Crippen LogP contribution in [0.25, 0.3) is 0 Å². The van der Waals surface area contributed by atoms with Crippen molar-refractivity contribution in [2.24, 2.45) is 5.92 Å². The molecule has 0 aromatic carbocycles. The van der Waals surface area contributed by atoms with Gasteiger partial charge in [-0.2, -0.15) is 13.2 Å². The quantitative estimate of drug-likeness (QED) is 0.781. The Morgan fingerprint density at radius 3 is 2.39 bits per heavy atom. The van der Waals surface area contributed by atoms with Crippen LogP contribution in [0, 0.1) is 5.92 Å². The molecule has 0 saturated carbocycles. The number of alkyl halides is 3. The van der Waals surface area contributed by atoms with E-state index in [0.29, 0.717) is 39.0 Å². The second-order valence-corrected chi connectivity index (χ2v) is 5.22. The molecule has 1 aliphatic heterocycles. The highest BCUT2D eigenvalue weighted by atomic mass is 19.4. The van der Waals surface area contributed by atoms with Crippen LogP contribution >= 0.6 is 0 Å². The van der Waals surface area contributed by atoms with Gasteiger partial charge in [0, 0.05) is 32.6 Å². The Kier molecular flexibility index (Phi) is 5.44. The molecule has 0 N–H and O–H groups in total. The lowest BCUT2D eigenvalue weighted by molar-refractivity contribution is -0.145. The second kappa shape index (κ2) is 6.41. The van der Waals surface area contributed by atoms with Gasteiger partial charge in [0.05, 0.1) is 6.54 Å². The second-order valence-electron chi connectivity index (χ2n) is 5.22. The van der Waals surface area contributed by atoms with E-state index in [1.165, 1.54) is 4.90 Å². The van der Waals surface area contributed by atoms with Crippen molar-refractivity contribution in [3.05, 3.63) is 0 Å². The molecule has 0 unspecified atom stereocenters. The zero-order valence-electron chi connectivity index (χ0n) is 11.0. The van der Waals surface area contributed by atoms with E-state index in [1.807, 2.05) is 13.8 Å². The maximum absolute atomic E-state index is 12.3. The Balaban J connectivity index is 2.43. The van der Waals surface area contributed by atoms with Gasteiger partial charge in [-0.3, -0.25) is 9.69 Å². The molecule has 3 nitrogen and oxygen atoms in total. The van der Waals surface area contributed by atoms with Gasteiger partial charge < -0.3 is 4.90 Å². The Bertz CT molecular complexity index is 279. The fourth-order valence-electron chi connectivity index (χ4n) is 2.11. The maximum atomic E-state index is 12.3. The van der Waals surface area contributed by atoms with Crippen molar-refractivity contribution in [1.82, 2.24) is 9.80 Å². The van der Waals surface area contributed by atoms with E-state index in [-0.39, 0.29) is 11.8 Å². The third kappa shape index (κ3) is 5.71. The molecular formula is C12H21F3N2O. The highest BCUT2D eigenvalue weighted by Gasteiger charge is 2.31. The van der Waals surface area contributed by atoms with Crippen LogP contribution in [0.5, 0.6) is 0 Å². The minimum absolute atomic E-state index is 0.0545. The smallest absolute Gasteiger partial charge is 0.341 e. The topological polar surface area (TPSA) is 23.6 Å². The molecule has 1 saturated heterocycles. The van der Waals surface area contributed by atoms with Crippen LogP contribution < -0.4 is 0 Å². The molecule has 0 aromatic heterocycles. The van der Waals surface area contributed by atoms with E-state index < -0.39 is 12.7 Å². The summed E-state index contributed by atoms with van der Waals surface area (Å²) in [6.07, 6.45) is -3.07. The molecule has 1 amide bonds. The first-order valence-electron chi connectivity index (χ1n) is 6.35. The molecule has 18 heavy (non-hydrogen) atoms. The van der Waals surface area contributed by atoms with Crippen molar-refractivity contribution in [2.45, 2.75) is 32.9 Å². The van der Waals surface area contributed by atoms with Crippen LogP contribution in [0.4, 0.5) is 13.2 Å². The average molecular weight is 266 g/mol. The zero-order chi connectivity index (χ0) is 13.8. The van der Waals surface area contributed by atoms with E-state index in [4.69, 9.17) is 0 Å². The fraction of sp³-hybridized carbons (Fsp3) is 0.917. The van der Waals surface area contributed by atoms with Gasteiger partial charge in [0.15, 0.2) is 0 Å². The summed E-state index contributed by atoms with van der Waals surface area (Å²) in [5, 5.41) is 0. The van der Waals surface area contributed by atoms with Gasteiger partial charge in [0.2, 0.25) is 5.91 Å². The molecule has 1 aliphatic rings. The van der Waals surface area contributed by atoms with Gasteiger partial charge in [-0.15, -0.1) is 0 Å². The highest BCUT2D eigenvalue weighted by molar-refractivity contribution is 5.76. The molecule has 0 aliphatic carbocycles.